The molecule has 0 fully saturated rings. The molecule has 1 aliphatic heterocycles. The highest BCUT2D eigenvalue weighted by molar-refractivity contribution is 6.01. The average molecular weight is 758 g/mol. The van der Waals surface area contributed by atoms with Crippen LogP contribution in [0.3, 0.4) is 0 Å². The van der Waals surface area contributed by atoms with Gasteiger partial charge in [0.15, 0.2) is 17.5 Å². The number of hydrogen-bond acceptors (Lipinski definition) is 6. The maximum atomic E-state index is 6.47. The lowest BCUT2D eigenvalue weighted by Crippen LogP contribution is -2.36. The Morgan fingerprint density at radius 3 is 1.39 bits per heavy atom. The zero-order valence-electron chi connectivity index (χ0n) is 31.9. The molecule has 0 saturated carbocycles. The molecule has 0 radical (unpaired) electrons. The Hall–Kier alpha value is -7.83. The van der Waals surface area contributed by atoms with Gasteiger partial charge in [-0.25, -0.2) is 24.9 Å². The van der Waals surface area contributed by atoms with E-state index in [1.165, 1.54) is 0 Å². The molecule has 11 rings (SSSR count). The fourth-order valence-electron chi connectivity index (χ4n) is 8.07. The Labute approximate surface area is 341 Å². The molecule has 0 saturated heterocycles. The van der Waals surface area contributed by atoms with Crippen LogP contribution in [0.5, 0.6) is 0 Å². The molecule has 59 heavy (non-hydrogen) atoms. The summed E-state index contributed by atoms with van der Waals surface area (Å²) >= 11 is 0. The molecule has 3 heterocycles. The molecule has 1 aliphatic carbocycles. The molecule has 6 heteroatoms. The first-order chi connectivity index (χ1) is 29.2. The minimum atomic E-state index is -0.135. The van der Waals surface area contributed by atoms with Gasteiger partial charge >= 0.3 is 0 Å². The van der Waals surface area contributed by atoms with Gasteiger partial charge in [0.2, 0.25) is 5.90 Å². The van der Waals surface area contributed by atoms with Crippen LogP contribution in [0.2, 0.25) is 0 Å². The van der Waals surface area contributed by atoms with Gasteiger partial charge in [-0.2, -0.15) is 0 Å². The highest BCUT2D eigenvalue weighted by Gasteiger charge is 2.30. The zero-order chi connectivity index (χ0) is 39.1. The quantitative estimate of drug-likeness (QED) is 0.162. The summed E-state index contributed by atoms with van der Waals surface area (Å²) in [6, 6.07) is 64.5. The first kappa shape index (κ1) is 34.4. The maximum Gasteiger partial charge on any atom is 0.221 e. The van der Waals surface area contributed by atoms with E-state index in [1.807, 2.05) is 84.9 Å². The lowest BCUT2D eigenvalue weighted by Gasteiger charge is -2.17. The number of hydrogen-bond donors (Lipinski definition) is 0. The largest absolute Gasteiger partial charge is 0.467 e. The number of ether oxygens (including phenoxy) is 1. The minimum absolute atomic E-state index is 0.135. The number of rotatable bonds is 7. The van der Waals surface area contributed by atoms with Gasteiger partial charge in [0.1, 0.15) is 6.10 Å². The zero-order valence-corrected chi connectivity index (χ0v) is 31.9. The molecule has 2 aromatic heterocycles. The topological polar surface area (TPSA) is 73.2 Å². The molecule has 278 valence electrons. The van der Waals surface area contributed by atoms with E-state index in [4.69, 9.17) is 29.7 Å². The summed E-state index contributed by atoms with van der Waals surface area (Å²) in [5, 5.41) is 3.29. The fourth-order valence-corrected chi connectivity index (χ4v) is 8.07. The molecule has 0 amide bonds. The molecule has 1 unspecified atom stereocenters. The van der Waals surface area contributed by atoms with Gasteiger partial charge in [-0.15, -0.1) is 0 Å². The van der Waals surface area contributed by atoms with Crippen LogP contribution in [0, 0.1) is 0 Å². The van der Waals surface area contributed by atoms with E-state index in [2.05, 4.69) is 109 Å². The molecule has 6 nitrogen and oxygen atoms in total. The van der Waals surface area contributed by atoms with E-state index in [1.54, 1.807) is 0 Å². The minimum Gasteiger partial charge on any atom is -0.467 e. The fraction of sp³-hybridized carbons (Fsp3) is 0.0377. The second-order valence-corrected chi connectivity index (χ2v) is 14.8. The van der Waals surface area contributed by atoms with Crippen molar-refractivity contribution in [2.24, 2.45) is 4.99 Å². The van der Waals surface area contributed by atoms with Gasteiger partial charge in [-0.1, -0.05) is 176 Å². The number of aromatic nitrogens is 4. The molecule has 9 aromatic rings. The van der Waals surface area contributed by atoms with Crippen molar-refractivity contribution in [3.63, 3.8) is 0 Å². The first-order valence-corrected chi connectivity index (χ1v) is 19.8. The van der Waals surface area contributed by atoms with E-state index in [-0.39, 0.29) is 6.10 Å². The summed E-state index contributed by atoms with van der Waals surface area (Å²) < 4.78 is 6.47. The third-order valence-electron chi connectivity index (χ3n) is 11.1. The van der Waals surface area contributed by atoms with Crippen LogP contribution in [-0.4, -0.2) is 31.9 Å². The van der Waals surface area contributed by atoms with Crippen LogP contribution in [0.1, 0.15) is 12.0 Å². The third kappa shape index (κ3) is 6.47. The van der Waals surface area contributed by atoms with Crippen LogP contribution in [-0.2, 0) is 4.74 Å². The standard InChI is InChI=1S/C53H35N5O/c1-5-13-37(14-6-1)48-44-31-32-46-49(55-53(59-46)41-19-11-4-12-20-41)47(44)43-30-29-42(33-45(43)54-48)36-23-21-34(22-24-36)35-25-27-40(28-26-35)52-57-50(38-15-7-2-8-16-38)56-51(58-52)39-17-9-3-10-18-39/h1-31,33,46H,32H2. The Balaban J connectivity index is 0.941. The molecule has 0 N–H and O–H groups in total. The van der Waals surface area contributed by atoms with Crippen LogP contribution in [0.4, 0.5) is 0 Å². The van der Waals surface area contributed by atoms with Crippen molar-refractivity contribution < 1.29 is 4.74 Å². The Kier molecular flexibility index (Phi) is 8.51. The lowest BCUT2D eigenvalue weighted by atomic mass is 9.94. The van der Waals surface area contributed by atoms with Gasteiger partial charge in [-0.3, -0.25) is 0 Å². The molecular weight excluding hydrogens is 723 g/mol. The number of pyridine rings is 1. The number of nitrogens with zero attached hydrogens (tertiary/aromatic N) is 5. The van der Waals surface area contributed by atoms with E-state index >= 15 is 0 Å². The second kappa shape index (κ2) is 14.6. The van der Waals surface area contributed by atoms with Crippen LogP contribution in [0.15, 0.2) is 193 Å². The summed E-state index contributed by atoms with van der Waals surface area (Å²) in [4.78, 5) is 25.1. The van der Waals surface area contributed by atoms with E-state index in [0.29, 0.717) is 23.4 Å². The van der Waals surface area contributed by atoms with Gasteiger partial charge in [0, 0.05) is 50.1 Å². The van der Waals surface area contributed by atoms with Crippen LogP contribution >= 0.6 is 0 Å². The Bertz CT molecular complexity index is 3110. The van der Waals surface area contributed by atoms with Crippen molar-refractivity contribution in [3.8, 4) is 67.7 Å². The van der Waals surface area contributed by atoms with Gasteiger partial charge in [-0.05, 0) is 40.5 Å². The van der Waals surface area contributed by atoms with E-state index < -0.39 is 0 Å². The van der Waals surface area contributed by atoms with Gasteiger partial charge in [0.05, 0.1) is 16.9 Å². The average Bonchev–Trinajstić information content (AvgIpc) is 3.77. The van der Waals surface area contributed by atoms with Crippen molar-refractivity contribution in [3.05, 3.63) is 204 Å². The predicted molar refractivity (Wildman–Crippen MR) is 237 cm³/mol. The molecule has 1 atom stereocenters. The molecule has 0 bridgehead atoms. The number of aliphatic imine (C=N–C) groups is 1. The summed E-state index contributed by atoms with van der Waals surface area (Å²) in [7, 11) is 0. The van der Waals surface area contributed by atoms with Crippen LogP contribution < -0.4 is 10.4 Å². The summed E-state index contributed by atoms with van der Waals surface area (Å²) in [5.74, 6) is 2.60. The van der Waals surface area contributed by atoms with Crippen molar-refractivity contribution >= 4 is 28.6 Å². The highest BCUT2D eigenvalue weighted by Crippen LogP contribution is 2.32. The van der Waals surface area contributed by atoms with E-state index in [0.717, 1.165) is 89.2 Å². The van der Waals surface area contributed by atoms with Crippen molar-refractivity contribution in [1.82, 2.24) is 19.9 Å². The highest BCUT2D eigenvalue weighted by atomic mass is 16.5. The summed E-state index contributed by atoms with van der Waals surface area (Å²) in [6.07, 6.45) is 2.88. The second-order valence-electron chi connectivity index (χ2n) is 14.8. The first-order valence-electron chi connectivity index (χ1n) is 19.8. The predicted octanol–water partition coefficient (Wildman–Crippen LogP) is 10.6. The van der Waals surface area contributed by atoms with Gasteiger partial charge in [0.25, 0.3) is 0 Å². The maximum absolute atomic E-state index is 6.47. The van der Waals surface area contributed by atoms with Crippen molar-refractivity contribution in [2.75, 3.05) is 0 Å². The SMILES string of the molecule is C1=c2c(-c3ccccc3)nc3cc(-c4ccc(-c5ccc(-c6nc(-c7ccccc7)nc(-c7ccccc7)n6)cc5)cc4)ccc3c2=C2N=C(c3ccccc3)OC2C1. The van der Waals surface area contributed by atoms with Gasteiger partial charge < -0.3 is 4.74 Å². The number of benzene rings is 7. The third-order valence-corrected chi connectivity index (χ3v) is 11.1. The lowest BCUT2D eigenvalue weighted by molar-refractivity contribution is 0.267. The normalized spacial score (nSPS) is 14.2. The Morgan fingerprint density at radius 2 is 0.847 bits per heavy atom. The smallest absolute Gasteiger partial charge is 0.221 e. The summed E-state index contributed by atoms with van der Waals surface area (Å²) in [5.41, 5.74) is 12.2. The molecular formula is C53H35N5O. The molecule has 2 aliphatic rings. The summed E-state index contributed by atoms with van der Waals surface area (Å²) in [6.45, 7) is 0. The monoisotopic (exact) mass is 757 g/mol. The number of fused-ring (bicyclic) bond motifs is 4. The van der Waals surface area contributed by atoms with E-state index in [9.17, 15) is 0 Å². The molecule has 0 spiro atoms. The van der Waals surface area contributed by atoms with Crippen molar-refractivity contribution in [1.29, 1.82) is 0 Å². The molecule has 7 aromatic carbocycles. The Morgan fingerprint density at radius 1 is 0.407 bits per heavy atom. The van der Waals surface area contributed by atoms with Crippen molar-refractivity contribution in [2.45, 2.75) is 12.5 Å². The van der Waals surface area contributed by atoms with Crippen LogP contribution in [0.25, 0.3) is 90.4 Å².